The summed E-state index contributed by atoms with van der Waals surface area (Å²) in [5.74, 6) is 3.68. The van der Waals surface area contributed by atoms with Gasteiger partial charge in [-0.05, 0) is 123 Å². The molecule has 5 unspecified atom stereocenters. The average molecular weight is 487 g/mol. The monoisotopic (exact) mass is 486 g/mol. The Morgan fingerprint density at radius 3 is 2.37 bits per heavy atom. The van der Waals surface area contributed by atoms with Gasteiger partial charge in [0, 0.05) is 6.92 Å². The fraction of sp³-hybridized carbons (Fsp3) is 0.968. The standard InChI is InChI=1S/C31H50O4/c1-18-30-16-15-29(7)21-9-11-23(26(28(5,6)33)34-19(2)32)35-24(21)17-22(29)20(30)10-12-25-27(3,4)13-8-14-31(18,25)30/h18,20-26,33H,8-17H2,1-7H3/t18-,20-,21?,22?,23?,24?,25?,26-,29+,30-,31+/m0/s1. The van der Waals surface area contributed by atoms with Crippen molar-refractivity contribution < 1.29 is 19.4 Å². The molecule has 4 heteroatoms. The lowest BCUT2D eigenvalue weighted by Gasteiger charge is -2.58. The topological polar surface area (TPSA) is 55.8 Å². The second kappa shape index (κ2) is 7.49. The molecule has 1 aliphatic heterocycles. The second-order valence-electron chi connectivity index (χ2n) is 15.3. The van der Waals surface area contributed by atoms with Gasteiger partial charge in [0.05, 0.1) is 17.8 Å². The molecule has 5 saturated carbocycles. The first kappa shape index (κ1) is 24.7. The summed E-state index contributed by atoms with van der Waals surface area (Å²) in [5, 5.41) is 10.8. The number of esters is 1. The van der Waals surface area contributed by atoms with E-state index >= 15 is 0 Å². The van der Waals surface area contributed by atoms with Gasteiger partial charge in [-0.1, -0.05) is 34.1 Å². The summed E-state index contributed by atoms with van der Waals surface area (Å²) in [4.78, 5) is 11.8. The first-order chi connectivity index (χ1) is 16.3. The van der Waals surface area contributed by atoms with Crippen LogP contribution >= 0.6 is 0 Å². The van der Waals surface area contributed by atoms with Crippen LogP contribution in [0.15, 0.2) is 0 Å². The van der Waals surface area contributed by atoms with Crippen LogP contribution in [0.4, 0.5) is 0 Å². The van der Waals surface area contributed by atoms with E-state index in [1.165, 1.54) is 58.3 Å². The Morgan fingerprint density at radius 1 is 0.971 bits per heavy atom. The van der Waals surface area contributed by atoms with Crippen LogP contribution in [0.25, 0.3) is 0 Å². The van der Waals surface area contributed by atoms with E-state index in [2.05, 4.69) is 27.7 Å². The summed E-state index contributed by atoms with van der Waals surface area (Å²) in [6.07, 6.45) is 12.6. The summed E-state index contributed by atoms with van der Waals surface area (Å²) >= 11 is 0. The van der Waals surface area contributed by atoms with Crippen LogP contribution in [0.2, 0.25) is 0 Å². The Bertz CT molecular complexity index is 889. The zero-order valence-corrected chi connectivity index (χ0v) is 23.4. The lowest BCUT2D eigenvalue weighted by Crippen LogP contribution is -2.53. The Balaban J connectivity index is 1.27. The Kier molecular flexibility index (Phi) is 5.29. The van der Waals surface area contributed by atoms with Gasteiger partial charge < -0.3 is 14.6 Å². The van der Waals surface area contributed by atoms with Crippen molar-refractivity contribution in [3.8, 4) is 0 Å². The van der Waals surface area contributed by atoms with Crippen LogP contribution in [0.1, 0.15) is 113 Å². The quantitative estimate of drug-likeness (QED) is 0.461. The third kappa shape index (κ3) is 3.08. The van der Waals surface area contributed by atoms with Gasteiger partial charge >= 0.3 is 5.97 Å². The highest BCUT2D eigenvalue weighted by Gasteiger charge is 2.84. The van der Waals surface area contributed by atoms with Crippen molar-refractivity contribution in [2.75, 3.05) is 0 Å². The molecule has 6 rings (SSSR count). The van der Waals surface area contributed by atoms with Crippen molar-refractivity contribution >= 4 is 5.97 Å². The van der Waals surface area contributed by atoms with Gasteiger partial charge in [0.1, 0.15) is 0 Å². The highest BCUT2D eigenvalue weighted by Crippen LogP contribution is 2.89. The van der Waals surface area contributed by atoms with E-state index in [-0.39, 0.29) is 18.2 Å². The molecule has 5 aliphatic carbocycles. The number of ether oxygens (including phenoxy) is 2. The number of rotatable bonds is 3. The van der Waals surface area contributed by atoms with Gasteiger partial charge in [-0.25, -0.2) is 0 Å². The minimum Gasteiger partial charge on any atom is -0.457 e. The number of carbonyl (C=O) groups is 1. The second-order valence-corrected chi connectivity index (χ2v) is 15.3. The van der Waals surface area contributed by atoms with Gasteiger partial charge in [0.2, 0.25) is 0 Å². The van der Waals surface area contributed by atoms with Gasteiger partial charge in [-0.3, -0.25) is 4.79 Å². The van der Waals surface area contributed by atoms with E-state index in [1.54, 1.807) is 13.8 Å². The predicted octanol–water partition coefficient (Wildman–Crippen LogP) is 6.53. The van der Waals surface area contributed by atoms with E-state index in [9.17, 15) is 9.90 Å². The van der Waals surface area contributed by atoms with Crippen molar-refractivity contribution in [1.29, 1.82) is 0 Å². The van der Waals surface area contributed by atoms with Crippen molar-refractivity contribution in [3.05, 3.63) is 0 Å². The molecule has 198 valence electrons. The van der Waals surface area contributed by atoms with Crippen LogP contribution in [0.5, 0.6) is 0 Å². The van der Waals surface area contributed by atoms with Crippen LogP contribution in [0, 0.1) is 51.2 Å². The smallest absolute Gasteiger partial charge is 0.303 e. The largest absolute Gasteiger partial charge is 0.457 e. The number of fused-ring (bicyclic) bond motifs is 4. The minimum atomic E-state index is -1.11. The predicted molar refractivity (Wildman–Crippen MR) is 137 cm³/mol. The van der Waals surface area contributed by atoms with Gasteiger partial charge in [-0.15, -0.1) is 0 Å². The lowest BCUT2D eigenvalue weighted by molar-refractivity contribution is -0.200. The SMILES string of the molecule is CC(=O)O[C@@H](C1CCC2C(CC3[C@@H]4CCC5C(C)(C)CCC[C@@]56[C@@H](C)[C@@]46CC[C@]23C)O1)C(C)(C)O. The normalized spacial score (nSPS) is 52.7. The molecule has 1 saturated heterocycles. The van der Waals surface area contributed by atoms with Gasteiger partial charge in [0.25, 0.3) is 0 Å². The maximum absolute atomic E-state index is 11.8. The highest BCUT2D eigenvalue weighted by molar-refractivity contribution is 5.66. The summed E-state index contributed by atoms with van der Waals surface area (Å²) in [6, 6.07) is 0. The summed E-state index contributed by atoms with van der Waals surface area (Å²) in [6.45, 7) is 15.3. The van der Waals surface area contributed by atoms with Crippen LogP contribution < -0.4 is 0 Å². The lowest BCUT2D eigenvalue weighted by atomic mass is 9.46. The summed E-state index contributed by atoms with van der Waals surface area (Å²) in [5.41, 5.74) is 0.961. The third-order valence-corrected chi connectivity index (χ3v) is 13.4. The van der Waals surface area contributed by atoms with Gasteiger partial charge in [-0.2, -0.15) is 0 Å². The van der Waals surface area contributed by atoms with E-state index in [1.807, 2.05) is 0 Å². The molecular formula is C31H50O4. The molecule has 0 bridgehead atoms. The van der Waals surface area contributed by atoms with Crippen LogP contribution in [-0.4, -0.2) is 35.0 Å². The first-order valence-electron chi connectivity index (χ1n) is 14.8. The maximum atomic E-state index is 11.8. The fourth-order valence-electron chi connectivity index (χ4n) is 12.2. The third-order valence-electron chi connectivity index (χ3n) is 13.4. The van der Waals surface area contributed by atoms with Crippen molar-refractivity contribution in [3.63, 3.8) is 0 Å². The van der Waals surface area contributed by atoms with E-state index < -0.39 is 11.7 Å². The van der Waals surface area contributed by atoms with E-state index in [4.69, 9.17) is 9.47 Å². The molecule has 4 nitrogen and oxygen atoms in total. The zero-order chi connectivity index (χ0) is 25.2. The maximum Gasteiger partial charge on any atom is 0.303 e. The molecule has 0 aromatic heterocycles. The molecule has 0 aromatic rings. The Morgan fingerprint density at radius 2 is 1.69 bits per heavy atom. The van der Waals surface area contributed by atoms with E-state index in [0.717, 1.165) is 36.5 Å². The molecule has 6 fully saturated rings. The summed E-state index contributed by atoms with van der Waals surface area (Å²) in [7, 11) is 0. The minimum absolute atomic E-state index is 0.209. The Labute approximate surface area is 213 Å². The molecule has 0 amide bonds. The molecular weight excluding hydrogens is 436 g/mol. The number of hydrogen-bond acceptors (Lipinski definition) is 4. The van der Waals surface area contributed by atoms with Crippen molar-refractivity contribution in [1.82, 2.24) is 0 Å². The molecule has 0 aromatic carbocycles. The molecule has 35 heavy (non-hydrogen) atoms. The van der Waals surface area contributed by atoms with E-state index in [0.29, 0.717) is 27.6 Å². The number of carbonyl (C=O) groups excluding carboxylic acids is 1. The molecule has 1 N–H and O–H groups in total. The fourth-order valence-corrected chi connectivity index (χ4v) is 12.2. The highest BCUT2D eigenvalue weighted by atomic mass is 16.6. The number of hydrogen-bond donors (Lipinski definition) is 1. The van der Waals surface area contributed by atoms with Crippen LogP contribution in [0.3, 0.4) is 0 Å². The first-order valence-corrected chi connectivity index (χ1v) is 14.8. The number of aliphatic hydroxyl groups is 1. The Hall–Kier alpha value is -0.610. The van der Waals surface area contributed by atoms with Gasteiger partial charge in [0.15, 0.2) is 6.10 Å². The molecule has 0 radical (unpaired) electrons. The van der Waals surface area contributed by atoms with Crippen LogP contribution in [-0.2, 0) is 14.3 Å². The zero-order valence-electron chi connectivity index (χ0n) is 23.4. The summed E-state index contributed by atoms with van der Waals surface area (Å²) < 4.78 is 12.4. The molecule has 11 atom stereocenters. The van der Waals surface area contributed by atoms with Crippen molar-refractivity contribution in [2.24, 2.45) is 51.2 Å². The molecule has 1 heterocycles. The molecule has 6 aliphatic rings. The van der Waals surface area contributed by atoms with Crippen molar-refractivity contribution in [2.45, 2.75) is 137 Å². The molecule has 2 spiro atoms. The average Bonchev–Trinajstić information content (AvgIpc) is 3.13.